The van der Waals surface area contributed by atoms with Gasteiger partial charge in [-0.3, -0.25) is 0 Å². The zero-order valence-corrected chi connectivity index (χ0v) is 7.74. The van der Waals surface area contributed by atoms with Crippen LogP contribution in [0.5, 0.6) is 5.75 Å². The minimum absolute atomic E-state index is 0.0486. The van der Waals surface area contributed by atoms with Crippen molar-refractivity contribution in [2.24, 2.45) is 5.73 Å². The van der Waals surface area contributed by atoms with Crippen LogP contribution in [-0.4, -0.2) is 12.6 Å². The Morgan fingerprint density at radius 1 is 1.62 bits per heavy atom. The second-order valence-corrected chi connectivity index (χ2v) is 3.01. The van der Waals surface area contributed by atoms with Gasteiger partial charge in [-0.1, -0.05) is 0 Å². The first-order valence-corrected chi connectivity index (χ1v) is 4.08. The Hall–Kier alpha value is -1.29. The maximum atomic E-state index is 10.9. The molecule has 0 amide bonds. The number of hydrogen-bond donors (Lipinski definition) is 1. The lowest BCUT2D eigenvalue weighted by Crippen LogP contribution is -2.23. The minimum Gasteiger partial charge on any atom is -0.492 e. The highest BCUT2D eigenvalue weighted by Gasteiger charge is 2.00. The number of ether oxygens (including phenoxy) is 1. The van der Waals surface area contributed by atoms with E-state index in [-0.39, 0.29) is 6.04 Å². The van der Waals surface area contributed by atoms with Gasteiger partial charge in [-0.25, -0.2) is 4.79 Å². The summed E-state index contributed by atoms with van der Waals surface area (Å²) in [6, 6.07) is 2.91. The van der Waals surface area contributed by atoms with Crippen LogP contribution in [-0.2, 0) is 0 Å². The average Bonchev–Trinajstić information content (AvgIpc) is 1.99. The van der Waals surface area contributed by atoms with E-state index in [1.807, 2.05) is 6.92 Å². The molecule has 0 fully saturated rings. The molecule has 0 unspecified atom stereocenters. The Morgan fingerprint density at radius 3 is 2.85 bits per heavy atom. The molecule has 0 aliphatic rings. The zero-order chi connectivity index (χ0) is 9.84. The van der Waals surface area contributed by atoms with Gasteiger partial charge in [0, 0.05) is 12.1 Å². The van der Waals surface area contributed by atoms with Crippen molar-refractivity contribution in [2.75, 3.05) is 6.61 Å². The SMILES string of the molecule is Cc1cc(OC[C@H](C)N)cc(=O)o1. The highest BCUT2D eigenvalue weighted by Crippen LogP contribution is 2.08. The zero-order valence-electron chi connectivity index (χ0n) is 7.74. The molecule has 0 aromatic carbocycles. The van der Waals surface area contributed by atoms with E-state index in [4.69, 9.17) is 14.9 Å². The van der Waals surface area contributed by atoms with Crippen LogP contribution < -0.4 is 16.1 Å². The topological polar surface area (TPSA) is 65.5 Å². The van der Waals surface area contributed by atoms with Crippen LogP contribution in [0.15, 0.2) is 21.3 Å². The number of aryl methyl sites for hydroxylation is 1. The molecule has 1 heterocycles. The number of nitrogens with two attached hydrogens (primary N) is 1. The van der Waals surface area contributed by atoms with Gasteiger partial charge in [0.2, 0.25) is 0 Å². The van der Waals surface area contributed by atoms with E-state index < -0.39 is 5.63 Å². The molecular weight excluding hydrogens is 170 g/mol. The fraction of sp³-hybridized carbons (Fsp3) is 0.444. The molecule has 4 heteroatoms. The third-order valence-electron chi connectivity index (χ3n) is 1.38. The molecular formula is C9H13NO3. The fourth-order valence-electron chi connectivity index (χ4n) is 0.887. The van der Waals surface area contributed by atoms with Gasteiger partial charge >= 0.3 is 5.63 Å². The summed E-state index contributed by atoms with van der Waals surface area (Å²) in [4.78, 5) is 10.9. The Balaban J connectivity index is 2.72. The normalized spacial score (nSPS) is 12.5. The molecule has 13 heavy (non-hydrogen) atoms. The lowest BCUT2D eigenvalue weighted by Gasteiger charge is -2.07. The molecule has 1 atom stereocenters. The van der Waals surface area contributed by atoms with Crippen LogP contribution in [0.1, 0.15) is 12.7 Å². The van der Waals surface area contributed by atoms with Crippen LogP contribution in [0.25, 0.3) is 0 Å². The molecule has 0 aliphatic carbocycles. The summed E-state index contributed by atoms with van der Waals surface area (Å²) >= 11 is 0. The van der Waals surface area contributed by atoms with Crippen LogP contribution in [0.3, 0.4) is 0 Å². The van der Waals surface area contributed by atoms with E-state index in [0.717, 1.165) is 0 Å². The summed E-state index contributed by atoms with van der Waals surface area (Å²) in [5.41, 5.74) is 5.09. The predicted octanol–water partition coefficient (Wildman–Crippen LogP) is 0.674. The van der Waals surface area contributed by atoms with E-state index >= 15 is 0 Å². The van der Waals surface area contributed by atoms with Gasteiger partial charge in [0.05, 0.1) is 6.07 Å². The second-order valence-electron chi connectivity index (χ2n) is 3.01. The van der Waals surface area contributed by atoms with Gasteiger partial charge in [-0.15, -0.1) is 0 Å². The van der Waals surface area contributed by atoms with E-state index in [1.165, 1.54) is 6.07 Å². The van der Waals surface area contributed by atoms with E-state index in [0.29, 0.717) is 18.1 Å². The van der Waals surface area contributed by atoms with Crippen LogP contribution in [0.2, 0.25) is 0 Å². The third-order valence-corrected chi connectivity index (χ3v) is 1.38. The van der Waals surface area contributed by atoms with Crippen LogP contribution in [0, 0.1) is 6.92 Å². The van der Waals surface area contributed by atoms with Gasteiger partial charge in [0.25, 0.3) is 0 Å². The molecule has 0 saturated heterocycles. The van der Waals surface area contributed by atoms with Crippen LogP contribution in [0.4, 0.5) is 0 Å². The quantitative estimate of drug-likeness (QED) is 0.748. The largest absolute Gasteiger partial charge is 0.492 e. The molecule has 0 radical (unpaired) electrons. The molecule has 2 N–H and O–H groups in total. The van der Waals surface area contributed by atoms with Gasteiger partial charge in [0.1, 0.15) is 18.1 Å². The summed E-state index contributed by atoms with van der Waals surface area (Å²) in [7, 11) is 0. The fourth-order valence-corrected chi connectivity index (χ4v) is 0.887. The highest BCUT2D eigenvalue weighted by molar-refractivity contribution is 5.19. The molecule has 1 aromatic rings. The molecule has 72 valence electrons. The standard InChI is InChI=1S/C9H13NO3/c1-6(10)5-12-8-3-7(2)13-9(11)4-8/h3-4,6H,5,10H2,1-2H3/t6-/m0/s1. The Morgan fingerprint density at radius 2 is 2.31 bits per heavy atom. The van der Waals surface area contributed by atoms with Gasteiger partial charge < -0.3 is 14.9 Å². The molecule has 0 spiro atoms. The van der Waals surface area contributed by atoms with Crippen molar-refractivity contribution in [3.63, 3.8) is 0 Å². The summed E-state index contributed by atoms with van der Waals surface area (Å²) < 4.78 is 10.0. The smallest absolute Gasteiger partial charge is 0.339 e. The first-order chi connectivity index (χ1) is 6.08. The van der Waals surface area contributed by atoms with E-state index in [1.54, 1.807) is 13.0 Å². The summed E-state index contributed by atoms with van der Waals surface area (Å²) in [5, 5.41) is 0. The molecule has 1 rings (SSSR count). The Labute approximate surface area is 76.3 Å². The van der Waals surface area contributed by atoms with Gasteiger partial charge in [-0.2, -0.15) is 0 Å². The number of hydrogen-bond acceptors (Lipinski definition) is 4. The van der Waals surface area contributed by atoms with Crippen molar-refractivity contribution in [3.05, 3.63) is 28.3 Å². The highest BCUT2D eigenvalue weighted by atomic mass is 16.5. The van der Waals surface area contributed by atoms with Gasteiger partial charge in [-0.05, 0) is 13.8 Å². The Kier molecular flexibility index (Phi) is 3.08. The lowest BCUT2D eigenvalue weighted by molar-refractivity contribution is 0.291. The molecule has 1 aromatic heterocycles. The monoisotopic (exact) mass is 183 g/mol. The van der Waals surface area contributed by atoms with E-state index in [2.05, 4.69) is 0 Å². The van der Waals surface area contributed by atoms with Crippen molar-refractivity contribution in [2.45, 2.75) is 19.9 Å². The van der Waals surface area contributed by atoms with Crippen molar-refractivity contribution in [3.8, 4) is 5.75 Å². The first kappa shape index (κ1) is 9.80. The van der Waals surface area contributed by atoms with Crippen molar-refractivity contribution < 1.29 is 9.15 Å². The van der Waals surface area contributed by atoms with Gasteiger partial charge in [0.15, 0.2) is 0 Å². The average molecular weight is 183 g/mol. The van der Waals surface area contributed by atoms with Crippen LogP contribution >= 0.6 is 0 Å². The van der Waals surface area contributed by atoms with Crippen molar-refractivity contribution in [1.82, 2.24) is 0 Å². The lowest BCUT2D eigenvalue weighted by atomic mass is 10.4. The second kappa shape index (κ2) is 4.09. The Bertz CT molecular complexity index is 330. The molecule has 0 aliphatic heterocycles. The summed E-state index contributed by atoms with van der Waals surface area (Å²) in [6.07, 6.45) is 0. The number of rotatable bonds is 3. The minimum atomic E-state index is -0.403. The van der Waals surface area contributed by atoms with E-state index in [9.17, 15) is 4.79 Å². The summed E-state index contributed by atoms with van der Waals surface area (Å²) in [6.45, 7) is 3.92. The third kappa shape index (κ3) is 3.29. The molecule has 0 saturated carbocycles. The maximum Gasteiger partial charge on any atom is 0.339 e. The summed E-state index contributed by atoms with van der Waals surface area (Å²) in [5.74, 6) is 1.04. The first-order valence-electron chi connectivity index (χ1n) is 4.08. The molecule has 4 nitrogen and oxygen atoms in total. The van der Waals surface area contributed by atoms with Crippen molar-refractivity contribution in [1.29, 1.82) is 0 Å². The van der Waals surface area contributed by atoms with Crippen molar-refractivity contribution >= 4 is 0 Å². The maximum absolute atomic E-state index is 10.9. The predicted molar refractivity (Wildman–Crippen MR) is 48.9 cm³/mol. The molecule has 0 bridgehead atoms.